The molecular formula is C3H6BClO3. The van der Waals surface area contributed by atoms with Gasteiger partial charge in [0.2, 0.25) is 0 Å². The number of aliphatic hydroxyl groups is 1. The Morgan fingerprint density at radius 2 is 2.12 bits per heavy atom. The zero-order chi connectivity index (χ0) is 6.57. The molecule has 0 spiro atoms. The van der Waals surface area contributed by atoms with E-state index in [2.05, 4.69) is 0 Å². The van der Waals surface area contributed by atoms with Gasteiger partial charge in [0.25, 0.3) is 0 Å². The Kier molecular flexibility index (Phi) is 3.90. The lowest BCUT2D eigenvalue weighted by Crippen LogP contribution is -2.07. The molecule has 0 aromatic carbocycles. The minimum absolute atomic E-state index is 0.0278. The summed E-state index contributed by atoms with van der Waals surface area (Å²) in [6.07, 6.45) is 0. The molecule has 0 heterocycles. The van der Waals surface area contributed by atoms with Gasteiger partial charge in [0.05, 0.1) is 6.61 Å². The third kappa shape index (κ3) is 4.14. The highest BCUT2D eigenvalue weighted by molar-refractivity contribution is 6.50. The largest absolute Gasteiger partial charge is 0.481 e. The monoisotopic (exact) mass is 136 g/mol. The van der Waals surface area contributed by atoms with Crippen molar-refractivity contribution >= 4 is 18.7 Å². The number of halogens is 1. The van der Waals surface area contributed by atoms with Crippen molar-refractivity contribution in [1.29, 1.82) is 0 Å². The summed E-state index contributed by atoms with van der Waals surface area (Å²) in [5.41, 5.74) is 0. The number of hydrogen-bond acceptors (Lipinski definition) is 3. The van der Waals surface area contributed by atoms with E-state index in [1.54, 1.807) is 0 Å². The fourth-order valence-electron chi connectivity index (χ4n) is 0.214. The van der Waals surface area contributed by atoms with Crippen molar-refractivity contribution in [2.45, 2.75) is 0 Å². The van der Waals surface area contributed by atoms with Crippen LogP contribution >= 0.6 is 11.6 Å². The van der Waals surface area contributed by atoms with Crippen LogP contribution in [-0.2, 0) is 0 Å². The molecule has 0 aliphatic heterocycles. The zero-order valence-electron chi connectivity index (χ0n) is 4.08. The summed E-state index contributed by atoms with van der Waals surface area (Å²) in [7, 11) is -1.57. The predicted octanol–water partition coefficient (Wildman–Crippen LogP) is -0.887. The van der Waals surface area contributed by atoms with E-state index in [9.17, 15) is 0 Å². The molecular weight excluding hydrogens is 130 g/mol. The summed E-state index contributed by atoms with van der Waals surface area (Å²) in [5.74, 6) is 0.932. The van der Waals surface area contributed by atoms with Crippen LogP contribution in [0.5, 0.6) is 0 Å². The molecule has 0 amide bonds. The molecule has 0 saturated carbocycles. The van der Waals surface area contributed by atoms with Gasteiger partial charge >= 0.3 is 7.12 Å². The van der Waals surface area contributed by atoms with Gasteiger partial charge in [-0.2, -0.15) is 0 Å². The van der Waals surface area contributed by atoms with Crippen LogP contribution in [-0.4, -0.2) is 28.9 Å². The minimum atomic E-state index is -1.57. The molecule has 8 heavy (non-hydrogen) atoms. The van der Waals surface area contributed by atoms with E-state index in [-0.39, 0.29) is 11.6 Å². The van der Waals surface area contributed by atoms with E-state index in [1.165, 1.54) is 0 Å². The van der Waals surface area contributed by atoms with E-state index in [4.69, 9.17) is 26.8 Å². The number of aliphatic hydroxyl groups excluding tert-OH is 1. The highest BCUT2D eigenvalue weighted by Gasteiger charge is 2.01. The first kappa shape index (κ1) is 7.97. The molecule has 5 heteroatoms. The van der Waals surface area contributed by atoms with Crippen LogP contribution < -0.4 is 0 Å². The fourth-order valence-corrected chi connectivity index (χ4v) is 0.327. The lowest BCUT2D eigenvalue weighted by molar-refractivity contribution is 0.338. The molecule has 0 fully saturated rings. The second-order valence-corrected chi connectivity index (χ2v) is 1.67. The first-order valence-electron chi connectivity index (χ1n) is 2.00. The lowest BCUT2D eigenvalue weighted by atomic mass is 9.92. The van der Waals surface area contributed by atoms with Crippen molar-refractivity contribution in [1.82, 2.24) is 0 Å². The molecule has 0 atom stereocenters. The molecule has 0 bridgehead atoms. The minimum Gasteiger partial charge on any atom is -0.424 e. The van der Waals surface area contributed by atoms with Gasteiger partial charge < -0.3 is 15.2 Å². The van der Waals surface area contributed by atoms with Gasteiger partial charge in [0, 0.05) is 5.03 Å². The lowest BCUT2D eigenvalue weighted by Gasteiger charge is -1.88. The molecule has 0 saturated heterocycles. The third-order valence-corrected chi connectivity index (χ3v) is 0.726. The maximum atomic E-state index is 8.16. The second-order valence-electron chi connectivity index (χ2n) is 1.19. The highest BCUT2D eigenvalue weighted by atomic mass is 35.5. The van der Waals surface area contributed by atoms with Crippen molar-refractivity contribution in [3.8, 4) is 0 Å². The van der Waals surface area contributed by atoms with E-state index >= 15 is 0 Å². The Bertz CT molecular complexity index is 92.5. The van der Waals surface area contributed by atoms with Crippen LogP contribution in [0.3, 0.4) is 0 Å². The molecule has 3 nitrogen and oxygen atoms in total. The van der Waals surface area contributed by atoms with Gasteiger partial charge in [-0.25, -0.2) is 0 Å². The first-order valence-corrected chi connectivity index (χ1v) is 2.38. The molecule has 0 unspecified atom stereocenters. The van der Waals surface area contributed by atoms with Crippen molar-refractivity contribution in [3.05, 3.63) is 11.0 Å². The molecule has 0 radical (unpaired) electrons. The van der Waals surface area contributed by atoms with E-state index < -0.39 is 7.12 Å². The molecule has 0 aromatic heterocycles. The Balaban J connectivity index is 3.56. The van der Waals surface area contributed by atoms with Gasteiger partial charge in [0.15, 0.2) is 0 Å². The van der Waals surface area contributed by atoms with Gasteiger partial charge in [0.1, 0.15) is 0 Å². The van der Waals surface area contributed by atoms with Crippen LogP contribution in [0.15, 0.2) is 11.0 Å². The standard InChI is InChI=1S/C3H6BClO3/c5-3(2-6)1-4(7)8/h1,6-8H,2H2/b3-1-. The zero-order valence-corrected chi connectivity index (χ0v) is 4.84. The normalized spacial score (nSPS) is 11.8. The quantitative estimate of drug-likeness (QED) is 0.432. The van der Waals surface area contributed by atoms with Crippen molar-refractivity contribution in [3.63, 3.8) is 0 Å². The average molecular weight is 136 g/mol. The van der Waals surface area contributed by atoms with E-state index in [0.717, 1.165) is 5.98 Å². The Morgan fingerprint density at radius 3 is 2.25 bits per heavy atom. The van der Waals surface area contributed by atoms with Gasteiger partial charge in [-0.15, -0.1) is 0 Å². The smallest absolute Gasteiger partial charge is 0.424 e. The van der Waals surface area contributed by atoms with E-state index in [1.807, 2.05) is 0 Å². The van der Waals surface area contributed by atoms with Crippen molar-refractivity contribution < 1.29 is 15.2 Å². The molecule has 46 valence electrons. The van der Waals surface area contributed by atoms with Crippen LogP contribution in [0.4, 0.5) is 0 Å². The van der Waals surface area contributed by atoms with E-state index in [0.29, 0.717) is 0 Å². The summed E-state index contributed by atoms with van der Waals surface area (Å²) >= 11 is 5.15. The summed E-state index contributed by atoms with van der Waals surface area (Å²) in [4.78, 5) is 0. The Labute approximate surface area is 52.4 Å². The van der Waals surface area contributed by atoms with Gasteiger partial charge in [-0.05, 0) is 5.98 Å². The Morgan fingerprint density at radius 1 is 1.62 bits per heavy atom. The summed E-state index contributed by atoms with van der Waals surface area (Å²) in [6.45, 7) is -0.362. The predicted molar refractivity (Wildman–Crippen MR) is 31.2 cm³/mol. The van der Waals surface area contributed by atoms with Gasteiger partial charge in [-0.3, -0.25) is 0 Å². The fraction of sp³-hybridized carbons (Fsp3) is 0.333. The van der Waals surface area contributed by atoms with Gasteiger partial charge in [-0.1, -0.05) is 11.6 Å². The Hall–Kier alpha value is -0.0251. The van der Waals surface area contributed by atoms with Crippen molar-refractivity contribution in [2.75, 3.05) is 6.61 Å². The number of rotatable bonds is 2. The topological polar surface area (TPSA) is 60.7 Å². The molecule has 0 aliphatic rings. The number of hydrogen-bond donors (Lipinski definition) is 3. The second kappa shape index (κ2) is 3.92. The van der Waals surface area contributed by atoms with Crippen LogP contribution in [0.2, 0.25) is 0 Å². The maximum absolute atomic E-state index is 8.16. The van der Waals surface area contributed by atoms with Crippen LogP contribution in [0.25, 0.3) is 0 Å². The molecule has 0 aliphatic carbocycles. The average Bonchev–Trinajstić information content (AvgIpc) is 1.65. The molecule has 3 N–H and O–H groups in total. The highest BCUT2D eigenvalue weighted by Crippen LogP contribution is 1.97. The first-order chi connectivity index (χ1) is 3.66. The molecule has 0 rings (SSSR count). The van der Waals surface area contributed by atoms with Crippen LogP contribution in [0.1, 0.15) is 0 Å². The summed E-state index contributed by atoms with van der Waals surface area (Å²) in [6, 6.07) is 0. The van der Waals surface area contributed by atoms with Crippen LogP contribution in [0, 0.1) is 0 Å². The van der Waals surface area contributed by atoms with Crippen molar-refractivity contribution in [2.24, 2.45) is 0 Å². The molecule has 0 aromatic rings. The SMILES string of the molecule is OC/C(Cl)=C/B(O)O. The maximum Gasteiger partial charge on any atom is 0.481 e. The third-order valence-electron chi connectivity index (χ3n) is 0.481. The summed E-state index contributed by atoms with van der Waals surface area (Å²) < 4.78 is 0. The summed E-state index contributed by atoms with van der Waals surface area (Å²) in [5, 5.41) is 24.5.